The number of nitrogens with two attached hydrogens (primary N) is 2. The van der Waals surface area contributed by atoms with E-state index in [9.17, 15) is 14.7 Å². The van der Waals surface area contributed by atoms with Gasteiger partial charge in [0, 0.05) is 0 Å². The second-order valence-electron chi connectivity index (χ2n) is 4.04. The quantitative estimate of drug-likeness (QED) is 0.455. The van der Waals surface area contributed by atoms with Crippen LogP contribution in [0.1, 0.15) is 27.2 Å². The van der Waals surface area contributed by atoms with E-state index >= 15 is 0 Å². The van der Waals surface area contributed by atoms with E-state index in [0.29, 0.717) is 0 Å². The molecule has 16 heavy (non-hydrogen) atoms. The first-order valence-electron chi connectivity index (χ1n) is 5.34. The van der Waals surface area contributed by atoms with Gasteiger partial charge in [0.1, 0.15) is 6.04 Å². The van der Waals surface area contributed by atoms with Crippen molar-refractivity contribution in [3.63, 3.8) is 0 Å². The molecule has 4 atom stereocenters. The summed E-state index contributed by atoms with van der Waals surface area (Å²) < 4.78 is 0. The Bertz CT molecular complexity index is 256. The van der Waals surface area contributed by atoms with Crippen LogP contribution in [0.25, 0.3) is 0 Å². The highest BCUT2D eigenvalue weighted by Crippen LogP contribution is 2.05. The largest absolute Gasteiger partial charge is 0.391 e. The van der Waals surface area contributed by atoms with Gasteiger partial charge in [-0.05, 0) is 12.8 Å². The van der Waals surface area contributed by atoms with Gasteiger partial charge in [-0.2, -0.15) is 0 Å². The molecule has 0 rings (SSSR count). The maximum absolute atomic E-state index is 11.6. The van der Waals surface area contributed by atoms with Crippen molar-refractivity contribution in [2.24, 2.45) is 17.4 Å². The molecule has 6 N–H and O–H groups in total. The van der Waals surface area contributed by atoms with E-state index in [2.05, 4.69) is 5.32 Å². The van der Waals surface area contributed by atoms with Crippen molar-refractivity contribution in [2.45, 2.75) is 45.4 Å². The molecule has 6 nitrogen and oxygen atoms in total. The zero-order valence-corrected chi connectivity index (χ0v) is 9.93. The van der Waals surface area contributed by atoms with Gasteiger partial charge >= 0.3 is 0 Å². The molecule has 94 valence electrons. The lowest BCUT2D eigenvalue weighted by Crippen LogP contribution is -2.55. The Morgan fingerprint density at radius 2 is 1.88 bits per heavy atom. The first kappa shape index (κ1) is 14.9. The molecule has 0 spiro atoms. The van der Waals surface area contributed by atoms with Crippen molar-refractivity contribution in [2.75, 3.05) is 0 Å². The van der Waals surface area contributed by atoms with E-state index in [-0.39, 0.29) is 5.92 Å². The Balaban J connectivity index is 4.46. The molecule has 2 amide bonds. The number of carbonyl (C=O) groups is 2. The number of aliphatic hydroxyl groups excluding tert-OH is 1. The average Bonchev–Trinajstić information content (AvgIpc) is 2.22. The molecule has 0 fully saturated rings. The lowest BCUT2D eigenvalue weighted by Gasteiger charge is -2.23. The zero-order valence-electron chi connectivity index (χ0n) is 9.93. The van der Waals surface area contributed by atoms with E-state index < -0.39 is 30.0 Å². The Hall–Kier alpha value is -1.14. The summed E-state index contributed by atoms with van der Waals surface area (Å²) in [5.41, 5.74) is 10.7. The highest BCUT2D eigenvalue weighted by molar-refractivity contribution is 5.89. The van der Waals surface area contributed by atoms with E-state index in [1.165, 1.54) is 6.92 Å². The van der Waals surface area contributed by atoms with Gasteiger partial charge in [0.2, 0.25) is 11.8 Å². The highest BCUT2D eigenvalue weighted by atomic mass is 16.3. The summed E-state index contributed by atoms with van der Waals surface area (Å²) in [5.74, 6) is -1.25. The van der Waals surface area contributed by atoms with Gasteiger partial charge in [-0.15, -0.1) is 0 Å². The fraction of sp³-hybridized carbons (Fsp3) is 0.800. The van der Waals surface area contributed by atoms with Gasteiger partial charge in [0.25, 0.3) is 0 Å². The predicted octanol–water partition coefficient (Wildman–Crippen LogP) is -1.29. The molecule has 6 heteroatoms. The Morgan fingerprint density at radius 1 is 1.38 bits per heavy atom. The minimum atomic E-state index is -1.09. The molecule has 0 aliphatic heterocycles. The summed E-state index contributed by atoms with van der Waals surface area (Å²) >= 11 is 0. The van der Waals surface area contributed by atoms with E-state index in [1.54, 1.807) is 0 Å². The van der Waals surface area contributed by atoms with Gasteiger partial charge in [0.15, 0.2) is 0 Å². The molecule has 0 bridgehead atoms. The average molecular weight is 231 g/mol. The van der Waals surface area contributed by atoms with Gasteiger partial charge in [0.05, 0.1) is 12.1 Å². The Labute approximate surface area is 95.4 Å². The third-order valence-electron chi connectivity index (χ3n) is 2.65. The van der Waals surface area contributed by atoms with Crippen molar-refractivity contribution < 1.29 is 14.7 Å². The Kier molecular flexibility index (Phi) is 5.98. The van der Waals surface area contributed by atoms with Crippen LogP contribution in [0.3, 0.4) is 0 Å². The molecule has 0 aromatic heterocycles. The van der Waals surface area contributed by atoms with Gasteiger partial charge in [-0.3, -0.25) is 9.59 Å². The van der Waals surface area contributed by atoms with Crippen molar-refractivity contribution in [1.82, 2.24) is 5.32 Å². The number of carbonyl (C=O) groups excluding carboxylic acids is 2. The zero-order chi connectivity index (χ0) is 12.9. The maximum atomic E-state index is 11.6. The molecule has 0 unspecified atom stereocenters. The summed E-state index contributed by atoms with van der Waals surface area (Å²) in [6.07, 6.45) is -0.282. The van der Waals surface area contributed by atoms with E-state index in [0.717, 1.165) is 6.42 Å². The molecule has 0 saturated heterocycles. The first-order chi connectivity index (χ1) is 7.31. The van der Waals surface area contributed by atoms with Crippen LogP contribution in [-0.4, -0.2) is 35.1 Å². The molecule has 0 aliphatic rings. The van der Waals surface area contributed by atoms with Crippen LogP contribution in [0.15, 0.2) is 0 Å². The lowest BCUT2D eigenvalue weighted by atomic mass is 9.99. The topological polar surface area (TPSA) is 118 Å². The number of hydrogen-bond acceptors (Lipinski definition) is 4. The molecule has 0 heterocycles. The summed E-state index contributed by atoms with van der Waals surface area (Å²) in [6, 6.07) is -1.80. The molecule has 0 radical (unpaired) electrons. The van der Waals surface area contributed by atoms with Crippen LogP contribution >= 0.6 is 0 Å². The monoisotopic (exact) mass is 231 g/mol. The minimum Gasteiger partial charge on any atom is -0.391 e. The normalized spacial score (nSPS) is 18.3. The van der Waals surface area contributed by atoms with Crippen molar-refractivity contribution in [1.29, 1.82) is 0 Å². The standard InChI is InChI=1S/C10H21N3O3/c1-4-5(2)7(11)10(16)13-8(6(3)14)9(12)15/h5-8,14H,4,11H2,1-3H3,(H2,12,15)(H,13,16)/t5-,6+,7-,8-/m0/s1. The molecule has 0 aromatic rings. The fourth-order valence-electron chi connectivity index (χ4n) is 1.19. The molecular formula is C10H21N3O3. The number of aliphatic hydroxyl groups is 1. The third-order valence-corrected chi connectivity index (χ3v) is 2.65. The van der Waals surface area contributed by atoms with Crippen LogP contribution in [0.4, 0.5) is 0 Å². The fourth-order valence-corrected chi connectivity index (χ4v) is 1.19. The van der Waals surface area contributed by atoms with Crippen molar-refractivity contribution >= 4 is 11.8 Å². The van der Waals surface area contributed by atoms with Crippen molar-refractivity contribution in [3.8, 4) is 0 Å². The maximum Gasteiger partial charge on any atom is 0.242 e. The van der Waals surface area contributed by atoms with Gasteiger partial charge in [-0.1, -0.05) is 20.3 Å². The van der Waals surface area contributed by atoms with Crippen LogP contribution in [0.2, 0.25) is 0 Å². The highest BCUT2D eigenvalue weighted by Gasteiger charge is 2.27. The minimum absolute atomic E-state index is 0.00234. The summed E-state index contributed by atoms with van der Waals surface area (Å²) in [4.78, 5) is 22.6. The van der Waals surface area contributed by atoms with Crippen LogP contribution in [-0.2, 0) is 9.59 Å². The molecule has 0 saturated carbocycles. The van der Waals surface area contributed by atoms with Crippen molar-refractivity contribution in [3.05, 3.63) is 0 Å². The third kappa shape index (κ3) is 4.16. The smallest absolute Gasteiger partial charge is 0.242 e. The van der Waals surface area contributed by atoms with Crippen LogP contribution < -0.4 is 16.8 Å². The van der Waals surface area contributed by atoms with Crippen LogP contribution in [0, 0.1) is 5.92 Å². The second kappa shape index (κ2) is 6.44. The number of amides is 2. The summed E-state index contributed by atoms with van der Waals surface area (Å²) in [7, 11) is 0. The molecule has 0 aromatic carbocycles. The van der Waals surface area contributed by atoms with E-state index in [1.807, 2.05) is 13.8 Å². The molecule has 0 aliphatic carbocycles. The summed E-state index contributed by atoms with van der Waals surface area (Å²) in [6.45, 7) is 5.13. The number of primary amides is 1. The second-order valence-corrected chi connectivity index (χ2v) is 4.04. The lowest BCUT2D eigenvalue weighted by molar-refractivity contribution is -0.131. The summed E-state index contributed by atoms with van der Waals surface area (Å²) in [5, 5.41) is 11.6. The number of nitrogens with one attached hydrogen (secondary N) is 1. The van der Waals surface area contributed by atoms with E-state index in [4.69, 9.17) is 11.5 Å². The molecular weight excluding hydrogens is 210 g/mol. The van der Waals surface area contributed by atoms with Gasteiger partial charge in [-0.25, -0.2) is 0 Å². The van der Waals surface area contributed by atoms with Crippen LogP contribution in [0.5, 0.6) is 0 Å². The van der Waals surface area contributed by atoms with Gasteiger partial charge < -0.3 is 21.9 Å². The number of hydrogen-bond donors (Lipinski definition) is 4. The predicted molar refractivity (Wildman–Crippen MR) is 60.2 cm³/mol. The number of rotatable bonds is 6. The SMILES string of the molecule is CC[C@H](C)[C@H](N)C(=O)N[C@H](C(N)=O)[C@@H](C)O. The first-order valence-corrected chi connectivity index (χ1v) is 5.34. The Morgan fingerprint density at radius 3 is 2.19 bits per heavy atom.